The van der Waals surface area contributed by atoms with E-state index >= 15 is 0 Å². The molecule has 0 aliphatic rings. The zero-order valence-corrected chi connectivity index (χ0v) is 24.4. The largest absolute Gasteiger partial charge is 0.493 e. The smallest absolute Gasteiger partial charge is 0.255 e. The van der Waals surface area contributed by atoms with Crippen LogP contribution in [0.5, 0.6) is 23.0 Å². The van der Waals surface area contributed by atoms with E-state index in [-0.39, 0.29) is 23.8 Å². The van der Waals surface area contributed by atoms with Gasteiger partial charge < -0.3 is 34.9 Å². The van der Waals surface area contributed by atoms with Crippen molar-refractivity contribution >= 4 is 29.1 Å². The van der Waals surface area contributed by atoms with Gasteiger partial charge in [-0.05, 0) is 72.1 Å². The van der Waals surface area contributed by atoms with E-state index in [2.05, 4.69) is 5.32 Å². The number of hydrogen-bond donors (Lipinski definition) is 2. The van der Waals surface area contributed by atoms with Gasteiger partial charge in [0, 0.05) is 34.9 Å². The number of nitrogens with zero attached hydrogens (tertiary/aromatic N) is 1. The number of amides is 2. The third-order valence-corrected chi connectivity index (χ3v) is 6.77. The van der Waals surface area contributed by atoms with Crippen molar-refractivity contribution in [1.82, 2.24) is 4.90 Å². The molecular weight excluding hydrogens is 534 g/mol. The highest BCUT2D eigenvalue weighted by Gasteiger charge is 2.26. The highest BCUT2D eigenvalue weighted by atomic mass is 35.5. The first kappa shape index (κ1) is 30.6. The maximum atomic E-state index is 13.7. The van der Waals surface area contributed by atoms with Gasteiger partial charge in [0.25, 0.3) is 11.8 Å². The highest BCUT2D eigenvalue weighted by Crippen LogP contribution is 2.31. The van der Waals surface area contributed by atoms with Crippen molar-refractivity contribution in [3.8, 4) is 23.0 Å². The van der Waals surface area contributed by atoms with Gasteiger partial charge in [0.05, 0.1) is 28.4 Å². The lowest BCUT2D eigenvalue weighted by Crippen LogP contribution is -2.41. The Morgan fingerprint density at radius 3 is 1.93 bits per heavy atom. The van der Waals surface area contributed by atoms with Crippen molar-refractivity contribution in [2.24, 2.45) is 11.1 Å². The first-order chi connectivity index (χ1) is 19.0. The number of rotatable bonds is 12. The molecule has 3 N–H and O–H groups in total. The zero-order chi connectivity index (χ0) is 29.4. The summed E-state index contributed by atoms with van der Waals surface area (Å²) in [6.45, 7) is 4.91. The summed E-state index contributed by atoms with van der Waals surface area (Å²) < 4.78 is 21.3. The minimum Gasteiger partial charge on any atom is -0.493 e. The summed E-state index contributed by atoms with van der Waals surface area (Å²) in [5.41, 5.74) is 7.65. The van der Waals surface area contributed by atoms with Gasteiger partial charge in [0.1, 0.15) is 0 Å². The number of carbonyl (C=O) groups is 2. The van der Waals surface area contributed by atoms with E-state index in [1.165, 1.54) is 28.4 Å². The molecule has 0 aliphatic heterocycles. The molecule has 0 unspecified atom stereocenters. The highest BCUT2D eigenvalue weighted by molar-refractivity contribution is 6.31. The molecule has 10 heteroatoms. The van der Waals surface area contributed by atoms with Crippen LogP contribution in [0.15, 0.2) is 54.6 Å². The number of carbonyl (C=O) groups excluding carboxylic acids is 2. The van der Waals surface area contributed by atoms with E-state index in [4.69, 9.17) is 36.3 Å². The number of anilines is 1. The molecule has 40 heavy (non-hydrogen) atoms. The minimum atomic E-state index is -0.363. The standard InChI is InChI=1S/C30H36ClN3O6/c1-30(2,17-32)18-34(29(36)20-8-12-25(38-4)27(15-20)40-6)16-21-13-22(9-10-23(21)31)33-28(35)19-7-11-24(37-3)26(14-19)39-5/h7-15H,16-18,32H2,1-6H3,(H,33,35). The minimum absolute atomic E-state index is 0.190. The van der Waals surface area contributed by atoms with Crippen molar-refractivity contribution < 1.29 is 28.5 Å². The van der Waals surface area contributed by atoms with Gasteiger partial charge in [-0.15, -0.1) is 0 Å². The Morgan fingerprint density at radius 1 is 0.825 bits per heavy atom. The fraction of sp³-hybridized carbons (Fsp3) is 0.333. The number of nitrogens with one attached hydrogen (secondary N) is 1. The molecule has 3 aromatic rings. The summed E-state index contributed by atoms with van der Waals surface area (Å²) in [6.07, 6.45) is 0. The predicted molar refractivity (Wildman–Crippen MR) is 156 cm³/mol. The summed E-state index contributed by atoms with van der Waals surface area (Å²) in [5.74, 6) is 1.37. The number of methoxy groups -OCH3 is 4. The van der Waals surface area contributed by atoms with Crippen LogP contribution in [0.3, 0.4) is 0 Å². The molecule has 0 saturated carbocycles. The van der Waals surface area contributed by atoms with Crippen molar-refractivity contribution in [3.05, 3.63) is 76.3 Å². The summed E-state index contributed by atoms with van der Waals surface area (Å²) in [5, 5.41) is 3.35. The monoisotopic (exact) mass is 569 g/mol. The molecule has 0 saturated heterocycles. The van der Waals surface area contributed by atoms with Gasteiger partial charge >= 0.3 is 0 Å². The topological polar surface area (TPSA) is 112 Å². The predicted octanol–water partition coefficient (Wildman–Crippen LogP) is 5.25. The van der Waals surface area contributed by atoms with Crippen LogP contribution >= 0.6 is 11.6 Å². The van der Waals surface area contributed by atoms with Crippen LogP contribution in [0.4, 0.5) is 5.69 Å². The number of halogens is 1. The third kappa shape index (κ3) is 7.37. The van der Waals surface area contributed by atoms with E-state index < -0.39 is 0 Å². The fourth-order valence-electron chi connectivity index (χ4n) is 4.09. The molecule has 3 aromatic carbocycles. The maximum Gasteiger partial charge on any atom is 0.255 e. The van der Waals surface area contributed by atoms with Crippen molar-refractivity contribution in [3.63, 3.8) is 0 Å². The molecule has 0 aliphatic carbocycles. The molecule has 0 fully saturated rings. The quantitative estimate of drug-likeness (QED) is 0.306. The Labute approximate surface area is 240 Å². The maximum absolute atomic E-state index is 13.7. The molecule has 0 spiro atoms. The second kappa shape index (κ2) is 13.4. The molecular formula is C30H36ClN3O6. The normalized spacial score (nSPS) is 11.0. The first-order valence-electron chi connectivity index (χ1n) is 12.6. The Bertz CT molecular complexity index is 1360. The van der Waals surface area contributed by atoms with Crippen LogP contribution in [0.2, 0.25) is 5.02 Å². The number of nitrogens with two attached hydrogens (primary N) is 1. The van der Waals surface area contributed by atoms with E-state index in [9.17, 15) is 9.59 Å². The molecule has 0 radical (unpaired) electrons. The Kier molecular flexibility index (Phi) is 10.3. The average molecular weight is 570 g/mol. The van der Waals surface area contributed by atoms with E-state index in [0.717, 1.165) is 0 Å². The Morgan fingerprint density at radius 2 is 1.38 bits per heavy atom. The summed E-state index contributed by atoms with van der Waals surface area (Å²) in [6, 6.07) is 15.1. The molecule has 0 aromatic heterocycles. The lowest BCUT2D eigenvalue weighted by Gasteiger charge is -2.32. The second-order valence-corrected chi connectivity index (χ2v) is 10.3. The lowest BCUT2D eigenvalue weighted by molar-refractivity contribution is 0.0673. The zero-order valence-electron chi connectivity index (χ0n) is 23.7. The van der Waals surface area contributed by atoms with Crippen LogP contribution < -0.4 is 30.0 Å². The van der Waals surface area contributed by atoms with Gasteiger partial charge in [-0.25, -0.2) is 0 Å². The lowest BCUT2D eigenvalue weighted by atomic mass is 9.92. The molecule has 0 heterocycles. The van der Waals surface area contributed by atoms with Crippen molar-refractivity contribution in [1.29, 1.82) is 0 Å². The molecule has 0 bridgehead atoms. The van der Waals surface area contributed by atoms with Crippen molar-refractivity contribution in [2.45, 2.75) is 20.4 Å². The summed E-state index contributed by atoms with van der Waals surface area (Å²) >= 11 is 6.57. The molecule has 9 nitrogen and oxygen atoms in total. The molecule has 3 rings (SSSR count). The molecule has 2 amide bonds. The van der Waals surface area contributed by atoms with Crippen LogP contribution in [0, 0.1) is 5.41 Å². The second-order valence-electron chi connectivity index (χ2n) is 9.93. The van der Waals surface area contributed by atoms with Gasteiger partial charge in [-0.2, -0.15) is 0 Å². The average Bonchev–Trinajstić information content (AvgIpc) is 2.97. The molecule has 0 atom stereocenters. The van der Waals surface area contributed by atoms with E-state index in [1.807, 2.05) is 13.8 Å². The van der Waals surface area contributed by atoms with Gasteiger partial charge in [-0.3, -0.25) is 9.59 Å². The van der Waals surface area contributed by atoms with Gasteiger partial charge in [0.2, 0.25) is 0 Å². The van der Waals surface area contributed by atoms with E-state index in [1.54, 1.807) is 59.5 Å². The molecule has 214 valence electrons. The number of benzene rings is 3. The Balaban J connectivity index is 1.90. The Hall–Kier alpha value is -3.95. The first-order valence-corrected chi connectivity index (χ1v) is 13.0. The van der Waals surface area contributed by atoms with E-state index in [0.29, 0.717) is 63.5 Å². The fourth-order valence-corrected chi connectivity index (χ4v) is 4.27. The van der Waals surface area contributed by atoms with Crippen LogP contribution in [0.25, 0.3) is 0 Å². The number of hydrogen-bond acceptors (Lipinski definition) is 7. The third-order valence-electron chi connectivity index (χ3n) is 6.40. The summed E-state index contributed by atoms with van der Waals surface area (Å²) in [4.78, 5) is 28.4. The SMILES string of the molecule is COc1ccc(C(=O)Nc2ccc(Cl)c(CN(CC(C)(C)CN)C(=O)c3ccc(OC)c(OC)c3)c2)cc1OC. The van der Waals surface area contributed by atoms with Crippen LogP contribution in [-0.4, -0.2) is 58.2 Å². The van der Waals surface area contributed by atoms with Crippen LogP contribution in [0.1, 0.15) is 40.1 Å². The van der Waals surface area contributed by atoms with Crippen LogP contribution in [-0.2, 0) is 6.54 Å². The van der Waals surface area contributed by atoms with Gasteiger partial charge in [0.15, 0.2) is 23.0 Å². The van der Waals surface area contributed by atoms with Crippen molar-refractivity contribution in [2.75, 3.05) is 46.8 Å². The number of ether oxygens (including phenoxy) is 4. The van der Waals surface area contributed by atoms with Gasteiger partial charge in [-0.1, -0.05) is 25.4 Å². The summed E-state index contributed by atoms with van der Waals surface area (Å²) in [7, 11) is 6.09.